The van der Waals surface area contributed by atoms with Crippen molar-refractivity contribution < 1.29 is 14.3 Å². The molecule has 150 valence electrons. The number of hydrogen-bond acceptors (Lipinski definition) is 5. The number of carbonyl (C=O) groups excluding carboxylic acids is 1. The molecule has 0 aliphatic carbocycles. The summed E-state index contributed by atoms with van der Waals surface area (Å²) in [5, 5.41) is 10.1. The molecule has 0 saturated heterocycles. The molecule has 0 spiro atoms. The number of ether oxygens (including phenoxy) is 2. The molecule has 1 aliphatic rings. The number of aromatic amines is 1. The van der Waals surface area contributed by atoms with E-state index in [4.69, 9.17) is 9.47 Å². The van der Waals surface area contributed by atoms with Gasteiger partial charge in [-0.3, -0.25) is 9.89 Å². The predicted molar refractivity (Wildman–Crippen MR) is 115 cm³/mol. The Hall–Kier alpha value is -2.93. The Bertz CT molecular complexity index is 1030. The molecule has 0 unspecified atom stereocenters. The van der Waals surface area contributed by atoms with Crippen molar-refractivity contribution in [3.05, 3.63) is 70.4 Å². The molecule has 1 atom stereocenters. The molecule has 4 rings (SSSR count). The van der Waals surface area contributed by atoms with Gasteiger partial charge in [-0.2, -0.15) is 5.10 Å². The van der Waals surface area contributed by atoms with Crippen molar-refractivity contribution in [3.63, 3.8) is 0 Å². The molecular formula is C22H23N3O3S. The number of rotatable bonds is 5. The maximum absolute atomic E-state index is 12.0. The smallest absolute Gasteiger partial charge is 0.235 e. The summed E-state index contributed by atoms with van der Waals surface area (Å²) in [5.74, 6) is 2.28. The lowest BCUT2D eigenvalue weighted by atomic mass is 10.0. The SMILES string of the molecule is COc1cc([C@@H]2SCC(=O)Nc3n[nH]c(C)c32)ccc1OCc1ccc(C)cc1. The Kier molecular flexibility index (Phi) is 5.49. The molecule has 1 aromatic heterocycles. The van der Waals surface area contributed by atoms with Gasteiger partial charge in [0, 0.05) is 11.3 Å². The lowest BCUT2D eigenvalue weighted by Gasteiger charge is -2.18. The van der Waals surface area contributed by atoms with Crippen LogP contribution in [0.5, 0.6) is 11.5 Å². The summed E-state index contributed by atoms with van der Waals surface area (Å²) >= 11 is 1.57. The zero-order chi connectivity index (χ0) is 20.4. The highest BCUT2D eigenvalue weighted by molar-refractivity contribution is 8.00. The Morgan fingerprint density at radius 2 is 1.93 bits per heavy atom. The minimum Gasteiger partial charge on any atom is -0.493 e. The first-order valence-electron chi connectivity index (χ1n) is 9.37. The van der Waals surface area contributed by atoms with Gasteiger partial charge in [0.05, 0.1) is 18.1 Å². The molecule has 2 aromatic carbocycles. The molecule has 3 aromatic rings. The van der Waals surface area contributed by atoms with E-state index in [-0.39, 0.29) is 11.2 Å². The topological polar surface area (TPSA) is 76.2 Å². The van der Waals surface area contributed by atoms with Crippen molar-refractivity contribution in [2.24, 2.45) is 0 Å². The van der Waals surface area contributed by atoms with Crippen LogP contribution in [0.25, 0.3) is 0 Å². The second-order valence-corrected chi connectivity index (χ2v) is 8.13. The number of fused-ring (bicyclic) bond motifs is 1. The molecular weight excluding hydrogens is 386 g/mol. The number of thioether (sulfide) groups is 1. The highest BCUT2D eigenvalue weighted by Gasteiger charge is 2.28. The summed E-state index contributed by atoms with van der Waals surface area (Å²) < 4.78 is 11.6. The first-order chi connectivity index (χ1) is 14.0. The van der Waals surface area contributed by atoms with Crippen LogP contribution >= 0.6 is 11.8 Å². The largest absolute Gasteiger partial charge is 0.493 e. The molecule has 2 heterocycles. The first kappa shape index (κ1) is 19.4. The van der Waals surface area contributed by atoms with Crippen LogP contribution in [-0.4, -0.2) is 29.0 Å². The number of methoxy groups -OCH3 is 1. The van der Waals surface area contributed by atoms with E-state index in [1.165, 1.54) is 5.56 Å². The van der Waals surface area contributed by atoms with Crippen molar-refractivity contribution in [2.45, 2.75) is 25.7 Å². The van der Waals surface area contributed by atoms with Crippen LogP contribution in [0.15, 0.2) is 42.5 Å². The van der Waals surface area contributed by atoms with Crippen LogP contribution in [0.4, 0.5) is 5.82 Å². The van der Waals surface area contributed by atoms with E-state index >= 15 is 0 Å². The van der Waals surface area contributed by atoms with E-state index in [1.807, 2.05) is 25.1 Å². The zero-order valence-corrected chi connectivity index (χ0v) is 17.4. The van der Waals surface area contributed by atoms with Gasteiger partial charge in [-0.1, -0.05) is 35.9 Å². The van der Waals surface area contributed by atoms with E-state index in [1.54, 1.807) is 18.9 Å². The van der Waals surface area contributed by atoms with Crippen molar-refractivity contribution in [1.29, 1.82) is 0 Å². The standard InChI is InChI=1S/C22H23N3O3S/c1-13-4-6-15(7-5-13)11-28-17-9-8-16(10-18(17)27-3)21-20-14(2)24-25-22(20)23-19(26)12-29-21/h4-10,21H,11-12H2,1-3H3,(H2,23,24,25,26)/t21-/m0/s1. The van der Waals surface area contributed by atoms with Crippen molar-refractivity contribution in [1.82, 2.24) is 10.2 Å². The number of nitrogens with one attached hydrogen (secondary N) is 2. The van der Waals surface area contributed by atoms with Gasteiger partial charge < -0.3 is 14.8 Å². The maximum Gasteiger partial charge on any atom is 0.235 e. The van der Waals surface area contributed by atoms with Gasteiger partial charge in [-0.15, -0.1) is 11.8 Å². The zero-order valence-electron chi connectivity index (χ0n) is 16.6. The molecule has 29 heavy (non-hydrogen) atoms. The van der Waals surface area contributed by atoms with Gasteiger partial charge >= 0.3 is 0 Å². The highest BCUT2D eigenvalue weighted by Crippen LogP contribution is 2.44. The summed E-state index contributed by atoms with van der Waals surface area (Å²) in [7, 11) is 1.64. The molecule has 1 amide bonds. The van der Waals surface area contributed by atoms with E-state index in [9.17, 15) is 4.79 Å². The number of H-pyrrole nitrogens is 1. The minimum atomic E-state index is -0.0460. The van der Waals surface area contributed by atoms with Gasteiger partial charge in [-0.05, 0) is 37.1 Å². The number of benzene rings is 2. The second kappa shape index (κ2) is 8.21. The number of aromatic nitrogens is 2. The van der Waals surface area contributed by atoms with Crippen LogP contribution in [0.2, 0.25) is 0 Å². The minimum absolute atomic E-state index is 0.0252. The average molecular weight is 410 g/mol. The first-order valence-corrected chi connectivity index (χ1v) is 10.4. The summed E-state index contributed by atoms with van der Waals surface area (Å²) in [6.07, 6.45) is 0. The molecule has 1 aliphatic heterocycles. The van der Waals surface area contributed by atoms with E-state index in [0.717, 1.165) is 22.4 Å². The molecule has 0 bridgehead atoms. The Morgan fingerprint density at radius 1 is 1.14 bits per heavy atom. The predicted octanol–water partition coefficient (Wildman–Crippen LogP) is 4.39. The van der Waals surface area contributed by atoms with Crippen LogP contribution in [0.3, 0.4) is 0 Å². The highest BCUT2D eigenvalue weighted by atomic mass is 32.2. The second-order valence-electron chi connectivity index (χ2n) is 7.03. The number of nitrogens with zero attached hydrogens (tertiary/aromatic N) is 1. The number of hydrogen-bond donors (Lipinski definition) is 2. The Labute approximate surface area is 174 Å². The fourth-order valence-electron chi connectivity index (χ4n) is 3.34. The summed E-state index contributed by atoms with van der Waals surface area (Å²) in [6, 6.07) is 14.2. The third-order valence-electron chi connectivity index (χ3n) is 4.90. The molecule has 0 radical (unpaired) electrons. The third-order valence-corrected chi connectivity index (χ3v) is 6.17. The molecule has 0 fully saturated rings. The number of carbonyl (C=O) groups is 1. The Balaban J connectivity index is 1.60. The maximum atomic E-state index is 12.0. The van der Waals surface area contributed by atoms with E-state index in [0.29, 0.717) is 29.7 Å². The van der Waals surface area contributed by atoms with Gasteiger partial charge in [-0.25, -0.2) is 0 Å². The summed E-state index contributed by atoms with van der Waals surface area (Å²) in [4.78, 5) is 12.0. The van der Waals surface area contributed by atoms with Crippen molar-refractivity contribution >= 4 is 23.5 Å². The average Bonchev–Trinajstić information content (AvgIpc) is 2.98. The van der Waals surface area contributed by atoms with Crippen LogP contribution in [0, 0.1) is 13.8 Å². The van der Waals surface area contributed by atoms with E-state index < -0.39 is 0 Å². The molecule has 0 saturated carbocycles. The number of aryl methyl sites for hydroxylation is 2. The van der Waals surface area contributed by atoms with Gasteiger partial charge in [0.25, 0.3) is 0 Å². The fourth-order valence-corrected chi connectivity index (χ4v) is 4.52. The Morgan fingerprint density at radius 3 is 2.69 bits per heavy atom. The molecule has 7 heteroatoms. The normalized spacial score (nSPS) is 16.0. The lowest BCUT2D eigenvalue weighted by Crippen LogP contribution is -2.12. The van der Waals surface area contributed by atoms with Crippen LogP contribution < -0.4 is 14.8 Å². The molecule has 6 nitrogen and oxygen atoms in total. The van der Waals surface area contributed by atoms with Gasteiger partial charge in [0.2, 0.25) is 5.91 Å². The summed E-state index contributed by atoms with van der Waals surface area (Å²) in [6.45, 7) is 4.50. The lowest BCUT2D eigenvalue weighted by molar-refractivity contribution is -0.113. The third kappa shape index (κ3) is 4.10. The fraction of sp³-hybridized carbons (Fsp3) is 0.273. The molecule has 2 N–H and O–H groups in total. The number of amides is 1. The summed E-state index contributed by atoms with van der Waals surface area (Å²) in [5.41, 5.74) is 5.30. The monoisotopic (exact) mass is 409 g/mol. The van der Waals surface area contributed by atoms with Gasteiger partial charge in [0.1, 0.15) is 6.61 Å². The van der Waals surface area contributed by atoms with Crippen LogP contribution in [-0.2, 0) is 11.4 Å². The van der Waals surface area contributed by atoms with Gasteiger partial charge in [0.15, 0.2) is 17.3 Å². The van der Waals surface area contributed by atoms with Crippen LogP contribution in [0.1, 0.15) is 33.2 Å². The van der Waals surface area contributed by atoms with Crippen molar-refractivity contribution in [3.8, 4) is 11.5 Å². The van der Waals surface area contributed by atoms with E-state index in [2.05, 4.69) is 46.7 Å². The quantitative estimate of drug-likeness (QED) is 0.654. The van der Waals surface area contributed by atoms with Crippen molar-refractivity contribution in [2.75, 3.05) is 18.2 Å². The number of anilines is 1.